The standard InChI is InChI=1S/C16H26N2O5/c1-3-9-23-10-5-7-14(19)17(2)12-15(20)18-8-4-6-13(11-18)16(21)22/h3,13H,1,4-12H2,2H3,(H,21,22). The van der Waals surface area contributed by atoms with Gasteiger partial charge in [-0.15, -0.1) is 6.58 Å². The van der Waals surface area contributed by atoms with Crippen LogP contribution in [0.4, 0.5) is 0 Å². The molecule has 23 heavy (non-hydrogen) atoms. The van der Waals surface area contributed by atoms with Crippen LogP contribution in [0.15, 0.2) is 12.7 Å². The number of hydrogen-bond acceptors (Lipinski definition) is 4. The number of ether oxygens (including phenoxy) is 1. The first-order chi connectivity index (χ1) is 11.0. The van der Waals surface area contributed by atoms with E-state index in [0.29, 0.717) is 45.4 Å². The number of carbonyl (C=O) groups is 3. The highest BCUT2D eigenvalue weighted by molar-refractivity contribution is 5.85. The Hall–Kier alpha value is -1.89. The first-order valence-electron chi connectivity index (χ1n) is 7.89. The summed E-state index contributed by atoms with van der Waals surface area (Å²) in [7, 11) is 1.59. The van der Waals surface area contributed by atoms with Crippen LogP contribution >= 0.6 is 0 Å². The second-order valence-corrected chi connectivity index (χ2v) is 5.73. The maximum absolute atomic E-state index is 12.2. The smallest absolute Gasteiger partial charge is 0.308 e. The largest absolute Gasteiger partial charge is 0.481 e. The zero-order valence-corrected chi connectivity index (χ0v) is 13.7. The summed E-state index contributed by atoms with van der Waals surface area (Å²) in [6.07, 6.45) is 3.84. The third kappa shape index (κ3) is 6.81. The SMILES string of the molecule is C=CCOCCCC(=O)N(C)CC(=O)N1CCCC(C(=O)O)C1. The van der Waals surface area contributed by atoms with Crippen molar-refractivity contribution in [3.63, 3.8) is 0 Å². The minimum atomic E-state index is -0.869. The summed E-state index contributed by atoms with van der Waals surface area (Å²) in [5.41, 5.74) is 0. The molecule has 1 aliphatic rings. The van der Waals surface area contributed by atoms with E-state index in [1.54, 1.807) is 18.0 Å². The number of rotatable bonds is 9. The van der Waals surface area contributed by atoms with E-state index >= 15 is 0 Å². The predicted octanol–water partition coefficient (Wildman–Crippen LogP) is 0.751. The second-order valence-electron chi connectivity index (χ2n) is 5.73. The van der Waals surface area contributed by atoms with Crippen molar-refractivity contribution in [2.75, 3.05) is 39.9 Å². The highest BCUT2D eigenvalue weighted by atomic mass is 16.5. The zero-order valence-electron chi connectivity index (χ0n) is 13.7. The molecule has 7 heteroatoms. The minimum absolute atomic E-state index is 0.0152. The Morgan fingerprint density at radius 3 is 2.83 bits per heavy atom. The quantitative estimate of drug-likeness (QED) is 0.499. The van der Waals surface area contributed by atoms with Crippen molar-refractivity contribution in [3.05, 3.63) is 12.7 Å². The molecule has 1 heterocycles. The highest BCUT2D eigenvalue weighted by Gasteiger charge is 2.28. The van der Waals surface area contributed by atoms with Crippen LogP contribution in [0, 0.1) is 5.92 Å². The van der Waals surface area contributed by atoms with E-state index in [0.717, 1.165) is 0 Å². The van der Waals surface area contributed by atoms with Crippen LogP contribution in [0.2, 0.25) is 0 Å². The molecule has 0 aromatic rings. The van der Waals surface area contributed by atoms with Crippen molar-refractivity contribution < 1.29 is 24.2 Å². The number of likely N-dealkylation sites (N-methyl/N-ethyl adjacent to an activating group) is 1. The van der Waals surface area contributed by atoms with Crippen molar-refractivity contribution in [2.24, 2.45) is 5.92 Å². The summed E-state index contributed by atoms with van der Waals surface area (Å²) in [4.78, 5) is 38.1. The van der Waals surface area contributed by atoms with E-state index in [4.69, 9.17) is 9.84 Å². The van der Waals surface area contributed by atoms with Gasteiger partial charge in [-0.1, -0.05) is 6.08 Å². The van der Waals surface area contributed by atoms with Crippen molar-refractivity contribution in [1.29, 1.82) is 0 Å². The lowest BCUT2D eigenvalue weighted by Crippen LogP contribution is -2.46. The summed E-state index contributed by atoms with van der Waals surface area (Å²) in [5, 5.41) is 9.05. The van der Waals surface area contributed by atoms with Gasteiger partial charge in [-0.25, -0.2) is 0 Å². The fraction of sp³-hybridized carbons (Fsp3) is 0.688. The molecule has 1 N–H and O–H groups in total. The van der Waals surface area contributed by atoms with Gasteiger partial charge in [-0.3, -0.25) is 14.4 Å². The number of carboxylic acids is 1. The van der Waals surface area contributed by atoms with Crippen LogP contribution in [0.5, 0.6) is 0 Å². The lowest BCUT2D eigenvalue weighted by Gasteiger charge is -2.32. The van der Waals surface area contributed by atoms with Gasteiger partial charge >= 0.3 is 5.97 Å². The van der Waals surface area contributed by atoms with Gasteiger partial charge in [-0.2, -0.15) is 0 Å². The maximum atomic E-state index is 12.2. The number of carboxylic acid groups (broad SMARTS) is 1. The van der Waals surface area contributed by atoms with E-state index in [2.05, 4.69) is 6.58 Å². The van der Waals surface area contributed by atoms with Crippen LogP contribution < -0.4 is 0 Å². The first-order valence-corrected chi connectivity index (χ1v) is 7.89. The van der Waals surface area contributed by atoms with Gasteiger partial charge in [0.2, 0.25) is 11.8 Å². The molecule has 1 aliphatic heterocycles. The third-order valence-electron chi connectivity index (χ3n) is 3.84. The van der Waals surface area contributed by atoms with Crippen LogP contribution in [0.25, 0.3) is 0 Å². The molecule has 130 valence electrons. The summed E-state index contributed by atoms with van der Waals surface area (Å²) < 4.78 is 5.20. The van der Waals surface area contributed by atoms with Gasteiger partial charge in [0.15, 0.2) is 0 Å². The molecule has 1 saturated heterocycles. The van der Waals surface area contributed by atoms with Crippen LogP contribution in [0.3, 0.4) is 0 Å². The van der Waals surface area contributed by atoms with Gasteiger partial charge in [-0.05, 0) is 19.3 Å². The normalized spacial score (nSPS) is 17.6. The number of nitrogens with zero attached hydrogens (tertiary/aromatic N) is 2. The summed E-state index contributed by atoms with van der Waals surface area (Å²) >= 11 is 0. The number of likely N-dealkylation sites (tertiary alicyclic amines) is 1. The van der Waals surface area contributed by atoms with E-state index in [1.807, 2.05) is 0 Å². The summed E-state index contributed by atoms with van der Waals surface area (Å²) in [6, 6.07) is 0. The van der Waals surface area contributed by atoms with Gasteiger partial charge in [0.1, 0.15) is 0 Å². The molecular formula is C16H26N2O5. The Bertz CT molecular complexity index is 438. The van der Waals surface area contributed by atoms with Crippen LogP contribution in [0.1, 0.15) is 25.7 Å². The third-order valence-corrected chi connectivity index (χ3v) is 3.84. The topological polar surface area (TPSA) is 87.2 Å². The first kappa shape index (κ1) is 19.2. The predicted molar refractivity (Wildman–Crippen MR) is 84.8 cm³/mol. The Morgan fingerprint density at radius 1 is 1.43 bits per heavy atom. The van der Waals surface area contributed by atoms with E-state index in [9.17, 15) is 14.4 Å². The summed E-state index contributed by atoms with van der Waals surface area (Å²) in [6.45, 7) is 5.24. The van der Waals surface area contributed by atoms with Crippen LogP contribution in [-0.4, -0.2) is 72.6 Å². The second kappa shape index (κ2) is 9.99. The van der Waals surface area contributed by atoms with Gasteiger partial charge in [0.05, 0.1) is 19.1 Å². The molecule has 0 aromatic heterocycles. The number of piperidine rings is 1. The lowest BCUT2D eigenvalue weighted by molar-refractivity contribution is -0.147. The van der Waals surface area contributed by atoms with E-state index < -0.39 is 11.9 Å². The molecule has 0 bridgehead atoms. The molecule has 0 aliphatic carbocycles. The molecule has 0 spiro atoms. The van der Waals surface area contributed by atoms with E-state index in [1.165, 1.54) is 4.90 Å². The molecule has 7 nitrogen and oxygen atoms in total. The Kier molecular flexibility index (Phi) is 8.32. The highest BCUT2D eigenvalue weighted by Crippen LogP contribution is 2.16. The summed E-state index contributed by atoms with van der Waals surface area (Å²) in [5.74, 6) is -1.69. The van der Waals surface area contributed by atoms with Crippen molar-refractivity contribution in [1.82, 2.24) is 9.80 Å². The molecule has 0 radical (unpaired) electrons. The van der Waals surface area contributed by atoms with Crippen molar-refractivity contribution >= 4 is 17.8 Å². The van der Waals surface area contributed by atoms with Gasteiger partial charge in [0.25, 0.3) is 0 Å². The number of aliphatic carboxylic acids is 1. The average Bonchev–Trinajstić information content (AvgIpc) is 2.54. The minimum Gasteiger partial charge on any atom is -0.481 e. The number of amides is 2. The van der Waals surface area contributed by atoms with E-state index in [-0.39, 0.29) is 24.9 Å². The Balaban J connectivity index is 2.33. The molecule has 1 unspecified atom stereocenters. The number of carbonyl (C=O) groups excluding carboxylic acids is 2. The zero-order chi connectivity index (χ0) is 17.2. The average molecular weight is 326 g/mol. The molecule has 1 fully saturated rings. The molecule has 2 amide bonds. The van der Waals surface area contributed by atoms with Gasteiger partial charge in [0, 0.05) is 33.2 Å². The Labute approximate surface area is 136 Å². The maximum Gasteiger partial charge on any atom is 0.308 e. The molecule has 1 rings (SSSR count). The number of hydrogen-bond donors (Lipinski definition) is 1. The molecule has 0 saturated carbocycles. The molecular weight excluding hydrogens is 300 g/mol. The Morgan fingerprint density at radius 2 is 2.17 bits per heavy atom. The molecule has 1 atom stereocenters. The van der Waals surface area contributed by atoms with Crippen molar-refractivity contribution in [3.8, 4) is 0 Å². The van der Waals surface area contributed by atoms with Crippen LogP contribution in [-0.2, 0) is 19.1 Å². The fourth-order valence-corrected chi connectivity index (χ4v) is 2.48. The monoisotopic (exact) mass is 326 g/mol. The fourth-order valence-electron chi connectivity index (χ4n) is 2.48. The van der Waals surface area contributed by atoms with Gasteiger partial charge < -0.3 is 19.6 Å². The lowest BCUT2D eigenvalue weighted by atomic mass is 9.98. The van der Waals surface area contributed by atoms with Crippen molar-refractivity contribution in [2.45, 2.75) is 25.7 Å². The molecule has 0 aromatic carbocycles.